The maximum absolute atomic E-state index is 5.96. The van der Waals surface area contributed by atoms with E-state index in [1.54, 1.807) is 0 Å². The Labute approximate surface area is 202 Å². The molecule has 1 aromatic carbocycles. The van der Waals surface area contributed by atoms with E-state index < -0.39 is 0 Å². The highest BCUT2D eigenvalue weighted by Crippen LogP contribution is 2.28. The van der Waals surface area contributed by atoms with Gasteiger partial charge in [-0.3, -0.25) is 0 Å². The molecule has 0 saturated carbocycles. The molecule has 0 unspecified atom stereocenters. The van der Waals surface area contributed by atoms with Gasteiger partial charge in [0.2, 0.25) is 0 Å². The molecule has 1 aliphatic rings. The van der Waals surface area contributed by atoms with Crippen molar-refractivity contribution in [2.24, 2.45) is 0 Å². The van der Waals surface area contributed by atoms with Gasteiger partial charge in [-0.2, -0.15) is 0 Å². The van der Waals surface area contributed by atoms with Crippen LogP contribution in [-0.4, -0.2) is 72.3 Å². The van der Waals surface area contributed by atoms with Crippen LogP contribution in [0.15, 0.2) is 24.3 Å². The van der Waals surface area contributed by atoms with E-state index in [2.05, 4.69) is 105 Å². The zero-order valence-corrected chi connectivity index (χ0v) is 22.6. The summed E-state index contributed by atoms with van der Waals surface area (Å²) >= 11 is 5.96. The Morgan fingerprint density at radius 1 is 1.00 bits per heavy atom. The Bertz CT molecular complexity index is 693. The Morgan fingerprint density at radius 3 is 2.06 bits per heavy atom. The second-order valence-electron chi connectivity index (χ2n) is 10.9. The average Bonchev–Trinajstić information content (AvgIpc) is 2.66. The molecule has 0 bridgehead atoms. The summed E-state index contributed by atoms with van der Waals surface area (Å²) in [5.74, 6) is 0. The second kappa shape index (κ2) is 11.7. The minimum atomic E-state index is 0.102. The molecule has 6 heteroatoms. The van der Waals surface area contributed by atoms with E-state index in [9.17, 15) is 0 Å². The van der Waals surface area contributed by atoms with Gasteiger partial charge in [-0.15, -0.1) is 0 Å². The van der Waals surface area contributed by atoms with Crippen LogP contribution < -0.4 is 15.5 Å². The molecule has 0 aromatic heterocycles. The van der Waals surface area contributed by atoms with Gasteiger partial charge in [-0.25, -0.2) is 0 Å². The lowest BCUT2D eigenvalue weighted by molar-refractivity contribution is 0.153. The Kier molecular flexibility index (Phi) is 9.80. The van der Waals surface area contributed by atoms with Crippen LogP contribution in [0, 0.1) is 0 Å². The van der Waals surface area contributed by atoms with Crippen molar-refractivity contribution < 1.29 is 0 Å². The molecule has 0 amide bonds. The zero-order chi connectivity index (χ0) is 23.9. The fourth-order valence-electron chi connectivity index (χ4n) is 5.14. The van der Waals surface area contributed by atoms with Gasteiger partial charge in [0.1, 0.15) is 0 Å². The van der Waals surface area contributed by atoms with E-state index in [0.29, 0.717) is 6.04 Å². The molecule has 0 radical (unpaired) electrons. The van der Waals surface area contributed by atoms with Crippen LogP contribution in [0.5, 0.6) is 0 Å². The van der Waals surface area contributed by atoms with Crippen molar-refractivity contribution in [2.75, 3.05) is 45.2 Å². The third kappa shape index (κ3) is 8.53. The van der Waals surface area contributed by atoms with Crippen molar-refractivity contribution in [1.29, 1.82) is 0 Å². The van der Waals surface area contributed by atoms with Gasteiger partial charge in [0.15, 0.2) is 5.11 Å². The maximum atomic E-state index is 5.96. The van der Waals surface area contributed by atoms with E-state index in [4.69, 9.17) is 12.2 Å². The molecular weight excluding hydrogens is 414 g/mol. The highest BCUT2D eigenvalue weighted by Gasteiger charge is 2.38. The monoisotopic (exact) mass is 461 g/mol. The molecule has 0 aliphatic carbocycles. The van der Waals surface area contributed by atoms with E-state index in [0.717, 1.165) is 57.1 Å². The van der Waals surface area contributed by atoms with Crippen molar-refractivity contribution in [3.63, 3.8) is 0 Å². The predicted molar refractivity (Wildman–Crippen MR) is 144 cm³/mol. The summed E-state index contributed by atoms with van der Waals surface area (Å²) in [6.07, 6.45) is 3.23. The second-order valence-corrected chi connectivity index (χ2v) is 11.3. The van der Waals surface area contributed by atoms with Gasteiger partial charge in [0.25, 0.3) is 0 Å². The third-order valence-electron chi connectivity index (χ3n) is 6.28. The van der Waals surface area contributed by atoms with Crippen LogP contribution in [0.3, 0.4) is 0 Å². The smallest absolute Gasteiger partial charge is 0.169 e. The fourth-order valence-corrected chi connectivity index (χ4v) is 5.46. The Morgan fingerprint density at radius 2 is 1.56 bits per heavy atom. The SMILES string of the molecule is CCN(CC)c1ccc(CN(CCCN(C)C)C(=S)NC2CC(C)(C)NC(C)(C)C2)cc1. The van der Waals surface area contributed by atoms with Crippen LogP contribution in [0.4, 0.5) is 5.69 Å². The average molecular weight is 462 g/mol. The van der Waals surface area contributed by atoms with Gasteiger partial charge < -0.3 is 25.3 Å². The number of hydrogen-bond acceptors (Lipinski definition) is 4. The molecule has 32 heavy (non-hydrogen) atoms. The first kappa shape index (κ1) is 26.9. The number of nitrogens with zero attached hydrogens (tertiary/aromatic N) is 3. The normalized spacial score (nSPS) is 17.9. The molecule has 0 atom stereocenters. The first-order valence-electron chi connectivity index (χ1n) is 12.3. The number of nitrogens with one attached hydrogen (secondary N) is 2. The molecule has 1 aliphatic heterocycles. The number of rotatable bonds is 10. The van der Waals surface area contributed by atoms with Crippen LogP contribution >= 0.6 is 12.2 Å². The number of thiocarbonyl (C=S) groups is 1. The van der Waals surface area contributed by atoms with E-state index in [1.807, 2.05) is 0 Å². The molecule has 182 valence electrons. The van der Waals surface area contributed by atoms with E-state index >= 15 is 0 Å². The Balaban J connectivity index is 2.09. The van der Waals surface area contributed by atoms with E-state index in [-0.39, 0.29) is 11.1 Å². The summed E-state index contributed by atoms with van der Waals surface area (Å²) in [6.45, 7) is 18.5. The largest absolute Gasteiger partial charge is 0.372 e. The molecule has 2 N–H and O–H groups in total. The lowest BCUT2D eigenvalue weighted by Gasteiger charge is -2.47. The van der Waals surface area contributed by atoms with Gasteiger partial charge in [0, 0.05) is 49.0 Å². The van der Waals surface area contributed by atoms with Crippen molar-refractivity contribution in [2.45, 2.75) is 84.5 Å². The zero-order valence-electron chi connectivity index (χ0n) is 21.8. The first-order chi connectivity index (χ1) is 14.9. The van der Waals surface area contributed by atoms with E-state index in [1.165, 1.54) is 11.3 Å². The standard InChI is InChI=1S/C26H47N5S/c1-9-30(10-2)23-14-12-21(13-15-23)20-31(17-11-16-29(7)8)24(32)27-22-18-25(3,4)28-26(5,6)19-22/h12-15,22,28H,9-11,16-20H2,1-8H3,(H,27,32). The topological polar surface area (TPSA) is 33.8 Å². The summed E-state index contributed by atoms with van der Waals surface area (Å²) in [5, 5.41) is 8.38. The number of anilines is 1. The maximum Gasteiger partial charge on any atom is 0.169 e. The first-order valence-corrected chi connectivity index (χ1v) is 12.7. The summed E-state index contributed by atoms with van der Waals surface area (Å²) in [5.41, 5.74) is 2.80. The molecule has 1 heterocycles. The summed E-state index contributed by atoms with van der Waals surface area (Å²) < 4.78 is 0. The Hall–Kier alpha value is -1.37. The van der Waals surface area contributed by atoms with Crippen molar-refractivity contribution in [1.82, 2.24) is 20.4 Å². The van der Waals surface area contributed by atoms with Crippen LogP contribution in [-0.2, 0) is 6.54 Å². The van der Waals surface area contributed by atoms with Gasteiger partial charge in [0.05, 0.1) is 0 Å². The quantitative estimate of drug-likeness (QED) is 0.501. The minimum absolute atomic E-state index is 0.102. The van der Waals surface area contributed by atoms with Gasteiger partial charge in [-0.05, 0) is 111 Å². The molecular formula is C26H47N5S. The van der Waals surface area contributed by atoms with Crippen LogP contribution in [0.25, 0.3) is 0 Å². The summed E-state index contributed by atoms with van der Waals surface area (Å²) in [4.78, 5) is 6.98. The highest BCUT2D eigenvalue weighted by molar-refractivity contribution is 7.80. The minimum Gasteiger partial charge on any atom is -0.372 e. The third-order valence-corrected chi connectivity index (χ3v) is 6.65. The molecule has 2 rings (SSSR count). The molecule has 1 aromatic rings. The number of hydrogen-bond donors (Lipinski definition) is 2. The summed E-state index contributed by atoms with van der Waals surface area (Å²) in [6, 6.07) is 9.39. The predicted octanol–water partition coefficient (Wildman–Crippen LogP) is 4.47. The molecule has 1 saturated heterocycles. The van der Waals surface area contributed by atoms with Gasteiger partial charge in [-0.1, -0.05) is 12.1 Å². The number of piperidine rings is 1. The summed E-state index contributed by atoms with van der Waals surface area (Å²) in [7, 11) is 4.26. The molecule has 5 nitrogen and oxygen atoms in total. The highest BCUT2D eigenvalue weighted by atomic mass is 32.1. The molecule has 0 spiro atoms. The lowest BCUT2D eigenvalue weighted by atomic mass is 9.80. The van der Waals surface area contributed by atoms with Crippen LogP contribution in [0.1, 0.15) is 66.4 Å². The van der Waals surface area contributed by atoms with Crippen molar-refractivity contribution >= 4 is 23.0 Å². The number of benzene rings is 1. The van der Waals surface area contributed by atoms with Crippen LogP contribution in [0.2, 0.25) is 0 Å². The van der Waals surface area contributed by atoms with Crippen molar-refractivity contribution in [3.05, 3.63) is 29.8 Å². The molecule has 1 fully saturated rings. The van der Waals surface area contributed by atoms with Crippen molar-refractivity contribution in [3.8, 4) is 0 Å². The fraction of sp³-hybridized carbons (Fsp3) is 0.731. The lowest BCUT2D eigenvalue weighted by Crippen LogP contribution is -2.62. The van der Waals surface area contributed by atoms with Gasteiger partial charge >= 0.3 is 0 Å².